The number of thiophene rings is 1. The SMILES string of the molecule is Brc1cc(CN[C@H]2CCc3ncnn3C2)cs1. The normalized spacial score (nSPS) is 19.2. The maximum absolute atomic E-state index is 4.23. The number of aryl methyl sites for hydroxylation is 1. The summed E-state index contributed by atoms with van der Waals surface area (Å²) in [7, 11) is 0. The molecule has 1 N–H and O–H groups in total. The predicted molar refractivity (Wildman–Crippen MR) is 71.0 cm³/mol. The van der Waals surface area contributed by atoms with E-state index in [1.165, 1.54) is 9.35 Å². The molecule has 90 valence electrons. The average Bonchev–Trinajstić information content (AvgIpc) is 2.94. The van der Waals surface area contributed by atoms with E-state index >= 15 is 0 Å². The second-order valence-corrected chi connectivity index (χ2v) is 6.52. The van der Waals surface area contributed by atoms with E-state index in [1.54, 1.807) is 17.7 Å². The van der Waals surface area contributed by atoms with Crippen LogP contribution in [0.2, 0.25) is 0 Å². The lowest BCUT2D eigenvalue weighted by atomic mass is 10.1. The van der Waals surface area contributed by atoms with Gasteiger partial charge in [0.2, 0.25) is 0 Å². The molecule has 1 aliphatic rings. The number of halogens is 1. The summed E-state index contributed by atoms with van der Waals surface area (Å²) >= 11 is 5.21. The first kappa shape index (κ1) is 11.4. The first-order valence-electron chi connectivity index (χ1n) is 5.64. The van der Waals surface area contributed by atoms with E-state index in [9.17, 15) is 0 Å². The van der Waals surface area contributed by atoms with Crippen molar-refractivity contribution in [2.24, 2.45) is 0 Å². The molecule has 0 amide bonds. The highest BCUT2D eigenvalue weighted by Crippen LogP contribution is 2.21. The second-order valence-electron chi connectivity index (χ2n) is 4.23. The fraction of sp³-hybridized carbons (Fsp3) is 0.455. The van der Waals surface area contributed by atoms with Crippen molar-refractivity contribution in [1.29, 1.82) is 0 Å². The van der Waals surface area contributed by atoms with Crippen LogP contribution in [-0.4, -0.2) is 20.8 Å². The molecule has 17 heavy (non-hydrogen) atoms. The van der Waals surface area contributed by atoms with Crippen LogP contribution in [0.15, 0.2) is 21.6 Å². The molecule has 3 heterocycles. The summed E-state index contributed by atoms with van der Waals surface area (Å²) in [6.45, 7) is 1.86. The third kappa shape index (κ3) is 2.59. The Labute approximate surface area is 112 Å². The fourth-order valence-electron chi connectivity index (χ4n) is 2.10. The lowest BCUT2D eigenvalue weighted by molar-refractivity contribution is 0.358. The summed E-state index contributed by atoms with van der Waals surface area (Å²) in [6.07, 6.45) is 3.81. The highest BCUT2D eigenvalue weighted by molar-refractivity contribution is 9.11. The molecule has 0 fully saturated rings. The molecule has 1 atom stereocenters. The predicted octanol–water partition coefficient (Wildman–Crippen LogP) is 2.21. The van der Waals surface area contributed by atoms with Gasteiger partial charge in [-0.2, -0.15) is 5.10 Å². The van der Waals surface area contributed by atoms with Crippen LogP contribution in [0.4, 0.5) is 0 Å². The Kier molecular flexibility index (Phi) is 3.26. The van der Waals surface area contributed by atoms with E-state index in [1.807, 2.05) is 4.68 Å². The maximum Gasteiger partial charge on any atom is 0.138 e. The van der Waals surface area contributed by atoms with Gasteiger partial charge in [-0.15, -0.1) is 11.3 Å². The molecule has 0 radical (unpaired) electrons. The maximum atomic E-state index is 4.23. The number of aromatic nitrogens is 3. The molecule has 2 aromatic heterocycles. The minimum Gasteiger partial charge on any atom is -0.308 e. The van der Waals surface area contributed by atoms with Crippen molar-refractivity contribution in [2.45, 2.75) is 32.0 Å². The van der Waals surface area contributed by atoms with Gasteiger partial charge < -0.3 is 5.32 Å². The monoisotopic (exact) mass is 312 g/mol. The highest BCUT2D eigenvalue weighted by Gasteiger charge is 2.19. The molecule has 1 aliphatic heterocycles. The minimum absolute atomic E-state index is 0.503. The van der Waals surface area contributed by atoms with E-state index in [4.69, 9.17) is 0 Å². The molecule has 0 spiro atoms. The van der Waals surface area contributed by atoms with Gasteiger partial charge in [-0.05, 0) is 39.4 Å². The van der Waals surface area contributed by atoms with Gasteiger partial charge in [0, 0.05) is 19.0 Å². The van der Waals surface area contributed by atoms with Crippen LogP contribution in [0.3, 0.4) is 0 Å². The average molecular weight is 313 g/mol. The van der Waals surface area contributed by atoms with Gasteiger partial charge >= 0.3 is 0 Å². The Hall–Kier alpha value is -0.720. The lowest BCUT2D eigenvalue weighted by Gasteiger charge is -2.23. The number of hydrogen-bond acceptors (Lipinski definition) is 4. The number of hydrogen-bond donors (Lipinski definition) is 1. The summed E-state index contributed by atoms with van der Waals surface area (Å²) in [6, 6.07) is 2.67. The summed E-state index contributed by atoms with van der Waals surface area (Å²) < 4.78 is 3.20. The number of nitrogens with one attached hydrogen (secondary N) is 1. The van der Waals surface area contributed by atoms with Crippen LogP contribution in [0.1, 0.15) is 17.8 Å². The van der Waals surface area contributed by atoms with Crippen LogP contribution >= 0.6 is 27.3 Å². The lowest BCUT2D eigenvalue weighted by Crippen LogP contribution is -2.37. The third-order valence-corrected chi connectivity index (χ3v) is 4.58. The molecule has 0 saturated heterocycles. The Morgan fingerprint density at radius 1 is 1.59 bits per heavy atom. The van der Waals surface area contributed by atoms with Crippen molar-refractivity contribution in [1.82, 2.24) is 20.1 Å². The minimum atomic E-state index is 0.503. The molecular weight excluding hydrogens is 300 g/mol. The fourth-order valence-corrected chi connectivity index (χ4v) is 3.31. The van der Waals surface area contributed by atoms with Gasteiger partial charge in [0.1, 0.15) is 12.2 Å². The molecule has 0 aliphatic carbocycles. The first-order valence-corrected chi connectivity index (χ1v) is 7.31. The van der Waals surface area contributed by atoms with Crippen molar-refractivity contribution >= 4 is 27.3 Å². The van der Waals surface area contributed by atoms with Crippen LogP contribution in [-0.2, 0) is 19.5 Å². The Morgan fingerprint density at radius 3 is 3.35 bits per heavy atom. The van der Waals surface area contributed by atoms with Gasteiger partial charge in [0.25, 0.3) is 0 Å². The van der Waals surface area contributed by atoms with Crippen molar-refractivity contribution < 1.29 is 0 Å². The Balaban J connectivity index is 1.57. The molecule has 0 saturated carbocycles. The van der Waals surface area contributed by atoms with Gasteiger partial charge in [-0.1, -0.05) is 0 Å². The van der Waals surface area contributed by atoms with E-state index in [2.05, 4.69) is 42.8 Å². The van der Waals surface area contributed by atoms with E-state index in [0.717, 1.165) is 31.8 Å². The standard InChI is InChI=1S/C11H13BrN4S/c12-10-3-8(6-17-10)4-13-9-1-2-11-14-7-15-16(11)5-9/h3,6-7,9,13H,1-2,4-5H2/t9-/m0/s1. The van der Waals surface area contributed by atoms with Crippen LogP contribution in [0.25, 0.3) is 0 Å². The summed E-state index contributed by atoms with van der Waals surface area (Å²) in [5, 5.41) is 9.99. The van der Waals surface area contributed by atoms with E-state index in [-0.39, 0.29) is 0 Å². The van der Waals surface area contributed by atoms with Gasteiger partial charge in [0.05, 0.1) is 10.3 Å². The van der Waals surface area contributed by atoms with E-state index < -0.39 is 0 Å². The molecule has 4 nitrogen and oxygen atoms in total. The molecule has 0 unspecified atom stereocenters. The Bertz CT molecular complexity index is 507. The summed E-state index contributed by atoms with van der Waals surface area (Å²) in [4.78, 5) is 4.23. The van der Waals surface area contributed by atoms with Crippen LogP contribution in [0, 0.1) is 0 Å². The molecular formula is C11H13BrN4S. The zero-order valence-corrected chi connectivity index (χ0v) is 11.7. The van der Waals surface area contributed by atoms with Crippen molar-refractivity contribution in [3.63, 3.8) is 0 Å². The van der Waals surface area contributed by atoms with Crippen molar-refractivity contribution in [3.05, 3.63) is 32.9 Å². The molecule has 3 rings (SSSR count). The summed E-state index contributed by atoms with van der Waals surface area (Å²) in [5.74, 6) is 1.11. The number of nitrogens with zero attached hydrogens (tertiary/aromatic N) is 3. The van der Waals surface area contributed by atoms with Crippen molar-refractivity contribution in [3.8, 4) is 0 Å². The molecule has 0 aromatic carbocycles. The largest absolute Gasteiger partial charge is 0.308 e. The summed E-state index contributed by atoms with van der Waals surface area (Å²) in [5.41, 5.74) is 1.34. The first-order chi connectivity index (χ1) is 8.31. The highest BCUT2D eigenvalue weighted by atomic mass is 79.9. The topological polar surface area (TPSA) is 42.7 Å². The number of fused-ring (bicyclic) bond motifs is 1. The zero-order valence-electron chi connectivity index (χ0n) is 9.27. The Morgan fingerprint density at radius 2 is 2.53 bits per heavy atom. The number of rotatable bonds is 3. The molecule has 2 aromatic rings. The quantitative estimate of drug-likeness (QED) is 0.945. The zero-order chi connectivity index (χ0) is 11.7. The second kappa shape index (κ2) is 4.88. The molecule has 6 heteroatoms. The van der Waals surface area contributed by atoms with Crippen molar-refractivity contribution in [2.75, 3.05) is 0 Å². The van der Waals surface area contributed by atoms with E-state index in [0.29, 0.717) is 6.04 Å². The van der Waals surface area contributed by atoms with Gasteiger partial charge in [-0.3, -0.25) is 0 Å². The van der Waals surface area contributed by atoms with Gasteiger partial charge in [0.15, 0.2) is 0 Å². The molecule has 0 bridgehead atoms. The van der Waals surface area contributed by atoms with Crippen LogP contribution < -0.4 is 5.32 Å². The smallest absolute Gasteiger partial charge is 0.138 e. The third-order valence-electron chi connectivity index (χ3n) is 3.02. The van der Waals surface area contributed by atoms with Crippen LogP contribution in [0.5, 0.6) is 0 Å². The van der Waals surface area contributed by atoms with Gasteiger partial charge in [-0.25, -0.2) is 9.67 Å².